The molecule has 0 atom stereocenters. The van der Waals surface area contributed by atoms with Crippen molar-refractivity contribution in [2.24, 2.45) is 0 Å². The molecule has 0 saturated carbocycles. The van der Waals surface area contributed by atoms with Gasteiger partial charge in [0.15, 0.2) is 0 Å². The fraction of sp³-hybridized carbons (Fsp3) is 0.333. The van der Waals surface area contributed by atoms with Gasteiger partial charge >= 0.3 is 6.09 Å². The summed E-state index contributed by atoms with van der Waals surface area (Å²) >= 11 is 6.00. The summed E-state index contributed by atoms with van der Waals surface area (Å²) in [6.07, 6.45) is -0.562. The number of hydrogen-bond donors (Lipinski definition) is 0. The van der Waals surface area contributed by atoms with E-state index in [4.69, 9.17) is 21.6 Å². The SMILES string of the molecule is Cc1cc(OC(=O)N(C)CC#N)cc(C)c1Cl. The van der Waals surface area contributed by atoms with Crippen molar-refractivity contribution < 1.29 is 9.53 Å². The minimum Gasteiger partial charge on any atom is -0.410 e. The highest BCUT2D eigenvalue weighted by Crippen LogP contribution is 2.26. The van der Waals surface area contributed by atoms with Crippen LogP contribution in [0, 0.1) is 25.2 Å². The highest BCUT2D eigenvalue weighted by molar-refractivity contribution is 6.32. The molecule has 0 aliphatic rings. The molecule has 0 spiro atoms. The Morgan fingerprint density at radius 2 is 2.00 bits per heavy atom. The van der Waals surface area contributed by atoms with Crippen LogP contribution < -0.4 is 4.74 Å². The second-order valence-corrected chi connectivity index (χ2v) is 4.13. The molecular weight excluding hydrogens is 240 g/mol. The summed E-state index contributed by atoms with van der Waals surface area (Å²) in [4.78, 5) is 12.7. The molecular formula is C12H13ClN2O2. The Kier molecular flexibility index (Phi) is 4.36. The zero-order chi connectivity index (χ0) is 13.0. The minimum absolute atomic E-state index is 0.00954. The van der Waals surface area contributed by atoms with Crippen molar-refractivity contribution in [1.82, 2.24) is 4.90 Å². The molecule has 1 aromatic rings. The van der Waals surface area contributed by atoms with Crippen LogP contribution in [0.4, 0.5) is 4.79 Å². The van der Waals surface area contributed by atoms with E-state index in [1.165, 1.54) is 11.9 Å². The Labute approximate surface area is 105 Å². The van der Waals surface area contributed by atoms with Crippen LogP contribution in [0.5, 0.6) is 5.75 Å². The molecule has 1 aromatic carbocycles. The number of nitrogens with zero attached hydrogens (tertiary/aromatic N) is 2. The first-order valence-electron chi connectivity index (χ1n) is 5.02. The second kappa shape index (κ2) is 5.55. The summed E-state index contributed by atoms with van der Waals surface area (Å²) in [5.41, 5.74) is 1.69. The maximum Gasteiger partial charge on any atom is 0.415 e. The fourth-order valence-electron chi connectivity index (χ4n) is 1.31. The lowest BCUT2D eigenvalue weighted by atomic mass is 10.1. The lowest BCUT2D eigenvalue weighted by molar-refractivity contribution is 0.168. The van der Waals surface area contributed by atoms with Crippen LogP contribution in [0.3, 0.4) is 0 Å². The number of nitriles is 1. The second-order valence-electron chi connectivity index (χ2n) is 3.75. The van der Waals surface area contributed by atoms with Crippen molar-refractivity contribution in [1.29, 1.82) is 5.26 Å². The predicted octanol–water partition coefficient (Wildman–Crippen LogP) is 2.91. The summed E-state index contributed by atoms with van der Waals surface area (Å²) in [5.74, 6) is 0.430. The summed E-state index contributed by atoms with van der Waals surface area (Å²) in [6.45, 7) is 3.67. The first kappa shape index (κ1) is 13.3. The van der Waals surface area contributed by atoms with Gasteiger partial charge in [0.25, 0.3) is 0 Å². The van der Waals surface area contributed by atoms with Crippen LogP contribution in [-0.4, -0.2) is 24.6 Å². The third kappa shape index (κ3) is 3.36. The van der Waals surface area contributed by atoms with E-state index in [9.17, 15) is 4.79 Å². The van der Waals surface area contributed by atoms with Gasteiger partial charge in [-0.1, -0.05) is 11.6 Å². The van der Waals surface area contributed by atoms with Gasteiger partial charge in [-0.3, -0.25) is 4.90 Å². The molecule has 0 N–H and O–H groups in total. The zero-order valence-corrected chi connectivity index (χ0v) is 10.7. The molecule has 90 valence electrons. The third-order valence-corrected chi connectivity index (χ3v) is 2.83. The van der Waals surface area contributed by atoms with Gasteiger partial charge < -0.3 is 4.74 Å². The van der Waals surface area contributed by atoms with Crippen molar-refractivity contribution in [2.45, 2.75) is 13.8 Å². The molecule has 0 aliphatic heterocycles. The van der Waals surface area contributed by atoms with Crippen molar-refractivity contribution in [3.05, 3.63) is 28.3 Å². The van der Waals surface area contributed by atoms with Crippen LogP contribution in [0.15, 0.2) is 12.1 Å². The normalized spacial score (nSPS) is 9.59. The predicted molar refractivity (Wildman–Crippen MR) is 65.2 cm³/mol. The Hall–Kier alpha value is -1.73. The van der Waals surface area contributed by atoms with Crippen LogP contribution >= 0.6 is 11.6 Å². The first-order chi connectivity index (χ1) is 7.95. The Morgan fingerprint density at radius 3 is 2.47 bits per heavy atom. The van der Waals surface area contributed by atoms with Crippen LogP contribution in [0.1, 0.15) is 11.1 Å². The van der Waals surface area contributed by atoms with Crippen molar-refractivity contribution >= 4 is 17.7 Å². The van der Waals surface area contributed by atoms with Gasteiger partial charge in [-0.25, -0.2) is 4.79 Å². The number of carbonyl (C=O) groups is 1. The number of ether oxygens (including phenoxy) is 1. The number of amides is 1. The maximum absolute atomic E-state index is 11.5. The molecule has 5 heteroatoms. The average molecular weight is 253 g/mol. The number of aryl methyl sites for hydroxylation is 2. The number of carbonyl (C=O) groups excluding carboxylic acids is 1. The van der Waals surface area contributed by atoms with E-state index in [2.05, 4.69) is 0 Å². The Bertz CT molecular complexity index is 457. The molecule has 0 saturated heterocycles. The lowest BCUT2D eigenvalue weighted by Crippen LogP contribution is -2.29. The quantitative estimate of drug-likeness (QED) is 0.761. The molecule has 0 heterocycles. The molecule has 0 aliphatic carbocycles. The number of halogens is 1. The van der Waals surface area contributed by atoms with Crippen LogP contribution in [0.2, 0.25) is 5.02 Å². The molecule has 1 rings (SSSR count). The van der Waals surface area contributed by atoms with E-state index in [0.717, 1.165) is 11.1 Å². The number of hydrogen-bond acceptors (Lipinski definition) is 3. The van der Waals surface area contributed by atoms with E-state index in [1.807, 2.05) is 19.9 Å². The molecule has 17 heavy (non-hydrogen) atoms. The van der Waals surface area contributed by atoms with Crippen molar-refractivity contribution in [2.75, 3.05) is 13.6 Å². The summed E-state index contributed by atoms with van der Waals surface area (Å²) in [5, 5.41) is 9.12. The first-order valence-corrected chi connectivity index (χ1v) is 5.40. The van der Waals surface area contributed by atoms with Gasteiger partial charge in [-0.2, -0.15) is 5.26 Å². The van der Waals surface area contributed by atoms with E-state index in [1.54, 1.807) is 12.1 Å². The molecule has 0 bridgehead atoms. The van der Waals surface area contributed by atoms with Crippen LogP contribution in [-0.2, 0) is 0 Å². The van der Waals surface area contributed by atoms with Gasteiger partial charge in [0.05, 0.1) is 6.07 Å². The van der Waals surface area contributed by atoms with E-state index >= 15 is 0 Å². The third-order valence-electron chi connectivity index (χ3n) is 2.23. The van der Waals surface area contributed by atoms with Gasteiger partial charge in [0.2, 0.25) is 0 Å². The Morgan fingerprint density at radius 1 is 1.47 bits per heavy atom. The zero-order valence-electron chi connectivity index (χ0n) is 9.95. The summed E-state index contributed by atoms with van der Waals surface area (Å²) in [6, 6.07) is 5.25. The van der Waals surface area contributed by atoms with Gasteiger partial charge in [0.1, 0.15) is 12.3 Å². The van der Waals surface area contributed by atoms with Crippen molar-refractivity contribution in [3.8, 4) is 11.8 Å². The van der Waals surface area contributed by atoms with Gasteiger partial charge in [-0.05, 0) is 37.1 Å². The Balaban J connectivity index is 2.83. The van der Waals surface area contributed by atoms with E-state index < -0.39 is 6.09 Å². The summed E-state index contributed by atoms with van der Waals surface area (Å²) < 4.78 is 5.12. The largest absolute Gasteiger partial charge is 0.415 e. The molecule has 0 aromatic heterocycles. The molecule has 0 radical (unpaired) electrons. The maximum atomic E-state index is 11.5. The fourth-order valence-corrected chi connectivity index (χ4v) is 1.42. The molecule has 0 fully saturated rings. The number of benzene rings is 1. The standard InChI is InChI=1S/C12H13ClN2O2/c1-8-6-10(7-9(2)11(8)13)17-12(16)15(3)5-4-14/h6-7H,5H2,1-3H3. The topological polar surface area (TPSA) is 53.3 Å². The number of rotatable bonds is 2. The molecule has 0 unspecified atom stereocenters. The molecule has 1 amide bonds. The van der Waals surface area contributed by atoms with Gasteiger partial charge in [-0.15, -0.1) is 0 Å². The van der Waals surface area contributed by atoms with E-state index in [-0.39, 0.29) is 6.54 Å². The lowest BCUT2D eigenvalue weighted by Gasteiger charge is -2.14. The summed E-state index contributed by atoms with van der Waals surface area (Å²) in [7, 11) is 1.50. The van der Waals surface area contributed by atoms with Crippen molar-refractivity contribution in [3.63, 3.8) is 0 Å². The smallest absolute Gasteiger partial charge is 0.410 e. The average Bonchev–Trinajstić information content (AvgIpc) is 2.26. The monoisotopic (exact) mass is 252 g/mol. The minimum atomic E-state index is -0.562. The molecule has 4 nitrogen and oxygen atoms in total. The van der Waals surface area contributed by atoms with Gasteiger partial charge in [0, 0.05) is 12.1 Å². The van der Waals surface area contributed by atoms with E-state index in [0.29, 0.717) is 10.8 Å². The highest BCUT2D eigenvalue weighted by atomic mass is 35.5. The van der Waals surface area contributed by atoms with Crippen LogP contribution in [0.25, 0.3) is 0 Å². The highest BCUT2D eigenvalue weighted by Gasteiger charge is 2.12.